The summed E-state index contributed by atoms with van der Waals surface area (Å²) in [5.41, 5.74) is 2.43. The summed E-state index contributed by atoms with van der Waals surface area (Å²) in [5, 5.41) is 4.43. The molecule has 1 nitrogen and oxygen atoms in total. The lowest BCUT2D eigenvalue weighted by Crippen LogP contribution is -2.22. The van der Waals surface area contributed by atoms with Crippen LogP contribution in [-0.2, 0) is 0 Å². The topological polar surface area (TPSA) is 12.0 Å². The first-order valence-electron chi connectivity index (χ1n) is 6.77. The van der Waals surface area contributed by atoms with Gasteiger partial charge in [0.05, 0.1) is 6.04 Å². The number of benzene rings is 1. The van der Waals surface area contributed by atoms with Crippen LogP contribution in [0.1, 0.15) is 40.3 Å². The van der Waals surface area contributed by atoms with Crippen molar-refractivity contribution in [3.8, 4) is 0 Å². The number of aryl methyl sites for hydroxylation is 2. The molecule has 1 N–H and O–H groups in total. The minimum absolute atomic E-state index is 0.211. The van der Waals surface area contributed by atoms with Gasteiger partial charge in [-0.15, -0.1) is 11.3 Å². The van der Waals surface area contributed by atoms with Gasteiger partial charge in [-0.2, -0.15) is 0 Å². The lowest BCUT2D eigenvalue weighted by atomic mass is 10.0. The first-order chi connectivity index (χ1) is 9.51. The third-order valence-corrected chi connectivity index (χ3v) is 5.58. The van der Waals surface area contributed by atoms with Crippen molar-refractivity contribution in [1.82, 2.24) is 5.32 Å². The Balaban J connectivity index is 2.40. The molecule has 2 rings (SSSR count). The third-order valence-electron chi connectivity index (χ3n) is 3.16. The number of thiophene rings is 1. The molecule has 2 aromatic rings. The van der Waals surface area contributed by atoms with Crippen molar-refractivity contribution in [3.63, 3.8) is 0 Å². The van der Waals surface area contributed by atoms with Crippen LogP contribution < -0.4 is 5.32 Å². The average Bonchev–Trinajstić information content (AvgIpc) is 2.69. The van der Waals surface area contributed by atoms with Gasteiger partial charge in [0.25, 0.3) is 0 Å². The SMILES string of the molecule is CCCNC(c1cc(C)cc(Cl)c1)c1cc(Br)c(C)s1. The largest absolute Gasteiger partial charge is 0.306 e. The number of hydrogen-bond acceptors (Lipinski definition) is 2. The second-order valence-corrected chi connectivity index (χ2v) is 7.58. The van der Waals surface area contributed by atoms with Crippen LogP contribution in [0.25, 0.3) is 0 Å². The van der Waals surface area contributed by atoms with E-state index in [0.717, 1.165) is 18.0 Å². The van der Waals surface area contributed by atoms with E-state index in [9.17, 15) is 0 Å². The number of halogens is 2. The summed E-state index contributed by atoms with van der Waals surface area (Å²) < 4.78 is 1.18. The molecule has 1 heterocycles. The highest BCUT2D eigenvalue weighted by molar-refractivity contribution is 9.10. The molecule has 0 spiro atoms. The molecule has 0 bridgehead atoms. The van der Waals surface area contributed by atoms with E-state index in [4.69, 9.17) is 11.6 Å². The van der Waals surface area contributed by atoms with Gasteiger partial charge in [-0.1, -0.05) is 24.6 Å². The Labute approximate surface area is 138 Å². The second-order valence-electron chi connectivity index (χ2n) is 5.00. The predicted octanol–water partition coefficient (Wildman–Crippen LogP) is 5.87. The molecule has 0 fully saturated rings. The summed E-state index contributed by atoms with van der Waals surface area (Å²) >= 11 is 11.7. The third kappa shape index (κ3) is 3.85. The maximum absolute atomic E-state index is 6.22. The highest BCUT2D eigenvalue weighted by Crippen LogP contribution is 2.34. The zero-order valence-corrected chi connectivity index (χ0v) is 15.1. The smallest absolute Gasteiger partial charge is 0.0672 e. The fourth-order valence-electron chi connectivity index (χ4n) is 2.23. The van der Waals surface area contributed by atoms with E-state index in [1.807, 2.05) is 17.4 Å². The zero-order valence-electron chi connectivity index (χ0n) is 12.0. The highest BCUT2D eigenvalue weighted by atomic mass is 79.9. The Hall–Kier alpha value is -0.350. The van der Waals surface area contributed by atoms with Gasteiger partial charge in [-0.05, 0) is 72.1 Å². The quantitative estimate of drug-likeness (QED) is 0.692. The minimum Gasteiger partial charge on any atom is -0.306 e. The lowest BCUT2D eigenvalue weighted by molar-refractivity contribution is 0.605. The Kier molecular flexibility index (Phi) is 5.67. The molecule has 0 radical (unpaired) electrons. The van der Waals surface area contributed by atoms with Gasteiger partial charge in [0.1, 0.15) is 0 Å². The molecule has 0 saturated heterocycles. The summed E-state index contributed by atoms with van der Waals surface area (Å²) in [6.45, 7) is 7.40. The van der Waals surface area contributed by atoms with E-state index in [-0.39, 0.29) is 6.04 Å². The Bertz CT molecular complexity index is 554. The van der Waals surface area contributed by atoms with Crippen LogP contribution in [0.15, 0.2) is 28.7 Å². The molecular formula is C16H19BrClNS. The van der Waals surface area contributed by atoms with E-state index in [2.05, 4.69) is 60.2 Å². The number of hydrogen-bond donors (Lipinski definition) is 1. The molecular weight excluding hydrogens is 354 g/mol. The van der Waals surface area contributed by atoms with E-state index in [1.165, 1.54) is 25.4 Å². The first-order valence-corrected chi connectivity index (χ1v) is 8.76. The molecule has 1 aromatic heterocycles. The summed E-state index contributed by atoms with van der Waals surface area (Å²) in [5.74, 6) is 0. The van der Waals surface area contributed by atoms with Crippen molar-refractivity contribution in [2.75, 3.05) is 6.54 Å². The molecule has 0 aliphatic heterocycles. The molecule has 0 aliphatic carbocycles. The van der Waals surface area contributed by atoms with Crippen LogP contribution in [-0.4, -0.2) is 6.54 Å². The van der Waals surface area contributed by atoms with Crippen LogP contribution in [0.2, 0.25) is 5.02 Å². The maximum atomic E-state index is 6.22. The normalized spacial score (nSPS) is 12.7. The van der Waals surface area contributed by atoms with E-state index < -0.39 is 0 Å². The van der Waals surface area contributed by atoms with E-state index in [0.29, 0.717) is 0 Å². The summed E-state index contributed by atoms with van der Waals surface area (Å²) in [6.07, 6.45) is 1.11. The van der Waals surface area contributed by atoms with Crippen LogP contribution in [0.3, 0.4) is 0 Å². The van der Waals surface area contributed by atoms with Gasteiger partial charge in [-0.25, -0.2) is 0 Å². The van der Waals surface area contributed by atoms with Crippen molar-refractivity contribution in [1.29, 1.82) is 0 Å². The van der Waals surface area contributed by atoms with Gasteiger partial charge >= 0.3 is 0 Å². The second kappa shape index (κ2) is 7.08. The molecule has 1 aromatic carbocycles. The van der Waals surface area contributed by atoms with E-state index in [1.54, 1.807) is 0 Å². The summed E-state index contributed by atoms with van der Waals surface area (Å²) in [7, 11) is 0. The van der Waals surface area contributed by atoms with Crippen LogP contribution in [0.5, 0.6) is 0 Å². The highest BCUT2D eigenvalue weighted by Gasteiger charge is 2.17. The lowest BCUT2D eigenvalue weighted by Gasteiger charge is -2.18. The van der Waals surface area contributed by atoms with Crippen molar-refractivity contribution in [2.45, 2.75) is 33.2 Å². The van der Waals surface area contributed by atoms with Gasteiger partial charge in [-0.3, -0.25) is 0 Å². The standard InChI is InChI=1S/C16H19BrClNS/c1-4-5-19-16(15-9-14(17)11(3)20-15)12-6-10(2)7-13(18)8-12/h6-9,16,19H,4-5H2,1-3H3. The van der Waals surface area contributed by atoms with Gasteiger partial charge in [0.15, 0.2) is 0 Å². The van der Waals surface area contributed by atoms with Crippen molar-refractivity contribution < 1.29 is 0 Å². The van der Waals surface area contributed by atoms with Crippen molar-refractivity contribution in [2.24, 2.45) is 0 Å². The molecule has 108 valence electrons. The molecule has 0 aliphatic rings. The fraction of sp³-hybridized carbons (Fsp3) is 0.375. The molecule has 20 heavy (non-hydrogen) atoms. The minimum atomic E-state index is 0.211. The monoisotopic (exact) mass is 371 g/mol. The Morgan fingerprint density at radius 3 is 2.55 bits per heavy atom. The van der Waals surface area contributed by atoms with Crippen molar-refractivity contribution >= 4 is 38.9 Å². The van der Waals surface area contributed by atoms with Crippen LogP contribution in [0, 0.1) is 13.8 Å². The fourth-order valence-corrected chi connectivity index (χ4v) is 4.19. The Morgan fingerprint density at radius 2 is 2.00 bits per heavy atom. The van der Waals surface area contributed by atoms with Gasteiger partial charge < -0.3 is 5.32 Å². The molecule has 4 heteroatoms. The first kappa shape index (κ1) is 16.0. The van der Waals surface area contributed by atoms with Gasteiger partial charge in [0.2, 0.25) is 0 Å². The van der Waals surface area contributed by atoms with E-state index >= 15 is 0 Å². The van der Waals surface area contributed by atoms with Crippen LogP contribution >= 0.6 is 38.9 Å². The average molecular weight is 373 g/mol. The van der Waals surface area contributed by atoms with Gasteiger partial charge in [0, 0.05) is 19.2 Å². The van der Waals surface area contributed by atoms with Crippen LogP contribution in [0.4, 0.5) is 0 Å². The molecule has 1 atom stereocenters. The molecule has 0 saturated carbocycles. The Morgan fingerprint density at radius 1 is 1.25 bits per heavy atom. The molecule has 1 unspecified atom stereocenters. The van der Waals surface area contributed by atoms with Crippen molar-refractivity contribution in [3.05, 3.63) is 54.6 Å². The summed E-state index contributed by atoms with van der Waals surface area (Å²) in [4.78, 5) is 2.63. The molecule has 0 amide bonds. The zero-order chi connectivity index (χ0) is 14.7. The maximum Gasteiger partial charge on any atom is 0.0672 e. The number of nitrogens with one attached hydrogen (secondary N) is 1. The number of rotatable bonds is 5. The summed E-state index contributed by atoms with van der Waals surface area (Å²) in [6, 6.07) is 8.69. The predicted molar refractivity (Wildman–Crippen MR) is 93.1 cm³/mol.